The molecule has 0 saturated carbocycles. The maximum absolute atomic E-state index is 12.4. The molecule has 2 aliphatic heterocycles. The molecule has 7 nitrogen and oxygen atoms in total. The van der Waals surface area contributed by atoms with Crippen molar-refractivity contribution in [3.05, 3.63) is 64.8 Å². The molecule has 1 aromatic heterocycles. The number of amides is 1. The lowest BCUT2D eigenvalue weighted by Crippen LogP contribution is -2.49. The van der Waals surface area contributed by atoms with Crippen LogP contribution < -0.4 is 14.5 Å². The number of hydrogen-bond donors (Lipinski definition) is 0. The second-order valence-electron chi connectivity index (χ2n) is 8.93. The third-order valence-corrected chi connectivity index (χ3v) is 7.00. The number of hydrogen-bond acceptors (Lipinski definition) is 6. The van der Waals surface area contributed by atoms with Gasteiger partial charge in [-0.05, 0) is 23.9 Å². The third kappa shape index (κ3) is 5.29. The number of nitrogens with zero attached hydrogens (tertiary/aromatic N) is 5. The molecule has 0 spiro atoms. The highest BCUT2D eigenvalue weighted by atomic mass is 35.5. The number of rotatable bonds is 4. The van der Waals surface area contributed by atoms with Gasteiger partial charge in [-0.25, -0.2) is 0 Å². The van der Waals surface area contributed by atoms with E-state index in [0.29, 0.717) is 50.2 Å². The average Bonchev–Trinajstić information content (AvgIpc) is 2.90. The summed E-state index contributed by atoms with van der Waals surface area (Å²) in [7, 11) is 1.51. The summed E-state index contributed by atoms with van der Waals surface area (Å²) in [4.78, 5) is 27.1. The van der Waals surface area contributed by atoms with E-state index in [-0.39, 0.29) is 12.1 Å². The van der Waals surface area contributed by atoms with Gasteiger partial charge in [0, 0.05) is 61.5 Å². The zero-order valence-electron chi connectivity index (χ0n) is 20.1. The Morgan fingerprint density at radius 2 is 1.76 bits per heavy atom. The molecule has 37 heavy (non-hydrogen) atoms. The molecule has 194 valence electrons. The van der Waals surface area contributed by atoms with Crippen LogP contribution in [0.1, 0.15) is 11.3 Å². The second kappa shape index (κ2) is 10.1. The predicted molar refractivity (Wildman–Crippen MR) is 136 cm³/mol. The van der Waals surface area contributed by atoms with Crippen molar-refractivity contribution in [3.63, 3.8) is 0 Å². The first-order valence-electron chi connectivity index (χ1n) is 11.9. The fourth-order valence-electron chi connectivity index (χ4n) is 4.90. The first-order valence-corrected chi connectivity index (χ1v) is 12.3. The van der Waals surface area contributed by atoms with Gasteiger partial charge in [0.25, 0.3) is 0 Å². The fourth-order valence-corrected chi connectivity index (χ4v) is 5.18. The minimum absolute atomic E-state index is 0.0255. The van der Waals surface area contributed by atoms with Crippen LogP contribution in [-0.2, 0) is 17.8 Å². The summed E-state index contributed by atoms with van der Waals surface area (Å²) in [6.07, 6.45) is -3.26. The minimum Gasteiger partial charge on any atom is -0.467 e. The van der Waals surface area contributed by atoms with Crippen LogP contribution in [0.25, 0.3) is 10.8 Å². The highest BCUT2D eigenvalue weighted by Gasteiger charge is 2.29. The molecule has 3 heterocycles. The number of carbonyl (C=O) groups is 1. The molecule has 0 atom stereocenters. The molecule has 3 aromatic rings. The molecule has 0 unspecified atom stereocenters. The van der Waals surface area contributed by atoms with Gasteiger partial charge in [-0.1, -0.05) is 35.9 Å². The zero-order chi connectivity index (χ0) is 26.2. The maximum atomic E-state index is 12.4. The van der Waals surface area contributed by atoms with Crippen molar-refractivity contribution in [2.45, 2.75) is 19.1 Å². The first kappa shape index (κ1) is 25.1. The van der Waals surface area contributed by atoms with Crippen LogP contribution >= 0.6 is 11.6 Å². The number of alkyl halides is 3. The molecule has 1 amide bonds. The summed E-state index contributed by atoms with van der Waals surface area (Å²) in [5.41, 5.74) is 2.90. The summed E-state index contributed by atoms with van der Waals surface area (Å²) < 4.78 is 42.7. The lowest BCUT2D eigenvalue weighted by Gasteiger charge is -2.38. The summed E-state index contributed by atoms with van der Waals surface area (Å²) >= 11 is 6.57. The lowest BCUT2D eigenvalue weighted by atomic mass is 10.0. The van der Waals surface area contributed by atoms with Crippen molar-refractivity contribution in [2.24, 2.45) is 0 Å². The Morgan fingerprint density at radius 1 is 1.03 bits per heavy atom. The van der Waals surface area contributed by atoms with Crippen molar-refractivity contribution < 1.29 is 22.7 Å². The molecule has 0 radical (unpaired) electrons. The third-order valence-electron chi connectivity index (χ3n) is 6.68. The normalized spacial score (nSPS) is 16.4. The number of aromatic nitrogens is 2. The van der Waals surface area contributed by atoms with E-state index in [0.717, 1.165) is 40.1 Å². The summed E-state index contributed by atoms with van der Waals surface area (Å²) in [5, 5.41) is 2.75. The summed E-state index contributed by atoms with van der Waals surface area (Å²) in [5.74, 6) is 0.0963. The van der Waals surface area contributed by atoms with Crippen LogP contribution in [0.5, 0.6) is 6.01 Å². The molecule has 0 aliphatic carbocycles. The van der Waals surface area contributed by atoms with Crippen molar-refractivity contribution >= 4 is 39.8 Å². The summed E-state index contributed by atoms with van der Waals surface area (Å²) in [6, 6.07) is 12.2. The van der Waals surface area contributed by atoms with E-state index in [9.17, 15) is 18.0 Å². The molecule has 11 heteroatoms. The van der Waals surface area contributed by atoms with E-state index in [1.165, 1.54) is 12.0 Å². The molecular formula is C26H25ClF3N5O2. The van der Waals surface area contributed by atoms with Gasteiger partial charge in [-0.15, -0.1) is 0 Å². The molecule has 5 rings (SSSR count). The topological polar surface area (TPSA) is 61.8 Å². The smallest absolute Gasteiger partial charge is 0.409 e. The Morgan fingerprint density at radius 3 is 2.46 bits per heavy atom. The van der Waals surface area contributed by atoms with E-state index >= 15 is 0 Å². The number of piperazine rings is 1. The van der Waals surface area contributed by atoms with Gasteiger partial charge in [-0.3, -0.25) is 4.79 Å². The van der Waals surface area contributed by atoms with Crippen molar-refractivity contribution in [1.82, 2.24) is 14.9 Å². The fraction of sp³-hybridized carbons (Fsp3) is 0.346. The van der Waals surface area contributed by atoms with Gasteiger partial charge in [0.15, 0.2) is 0 Å². The Bertz CT molecular complexity index is 1350. The second-order valence-corrected chi connectivity index (χ2v) is 9.34. The monoisotopic (exact) mass is 531 g/mol. The van der Waals surface area contributed by atoms with Crippen LogP contribution in [0.4, 0.5) is 24.7 Å². The molecule has 2 aromatic carbocycles. The number of benzene rings is 2. The number of halogens is 4. The Labute approximate surface area is 217 Å². The van der Waals surface area contributed by atoms with Gasteiger partial charge in [0.05, 0.1) is 24.4 Å². The Hall–Kier alpha value is -3.53. The van der Waals surface area contributed by atoms with E-state index in [1.807, 2.05) is 35.2 Å². The van der Waals surface area contributed by atoms with Crippen molar-refractivity contribution in [2.75, 3.05) is 49.6 Å². The van der Waals surface area contributed by atoms with Crippen molar-refractivity contribution in [1.29, 1.82) is 0 Å². The Balaban J connectivity index is 1.38. The summed E-state index contributed by atoms with van der Waals surface area (Å²) in [6.45, 7) is 2.76. The van der Waals surface area contributed by atoms with Crippen molar-refractivity contribution in [3.8, 4) is 6.01 Å². The first-order chi connectivity index (χ1) is 17.7. The van der Waals surface area contributed by atoms with Crippen LogP contribution in [0.15, 0.2) is 48.6 Å². The number of fused-ring (bicyclic) bond motifs is 2. The number of anilines is 2. The number of ether oxygens (including phenoxy) is 1. The lowest BCUT2D eigenvalue weighted by molar-refractivity contribution is -0.127. The molecule has 2 aliphatic rings. The number of allylic oxidation sites excluding steroid dienone is 1. The molecule has 0 N–H and O–H groups in total. The SMILES string of the molecule is COc1nc2c(c(N3CCN(C(=O)/C=C/C(F)(F)F)CC3)n1)CCN(c1cccc3cccc(Cl)c13)C2. The van der Waals surface area contributed by atoms with E-state index in [4.69, 9.17) is 16.3 Å². The van der Waals surface area contributed by atoms with Crippen LogP contribution in [-0.4, -0.2) is 66.8 Å². The highest BCUT2D eigenvalue weighted by Crippen LogP contribution is 2.37. The zero-order valence-corrected chi connectivity index (χ0v) is 20.9. The van der Waals surface area contributed by atoms with Gasteiger partial charge in [0.2, 0.25) is 5.91 Å². The molecule has 1 saturated heterocycles. The van der Waals surface area contributed by atoms with E-state index in [1.54, 1.807) is 0 Å². The largest absolute Gasteiger partial charge is 0.467 e. The quantitative estimate of drug-likeness (QED) is 0.458. The average molecular weight is 532 g/mol. The van der Waals surface area contributed by atoms with Crippen LogP contribution in [0.2, 0.25) is 5.02 Å². The molecule has 0 bridgehead atoms. The van der Waals surface area contributed by atoms with Gasteiger partial charge in [-0.2, -0.15) is 23.1 Å². The number of methoxy groups -OCH3 is 1. The minimum atomic E-state index is -4.51. The standard InChI is InChI=1S/C26H25ClF3N5O2/c1-37-25-31-20-16-35(21-7-3-5-17-4-2-6-19(27)23(17)21)11-9-18(20)24(32-25)34-14-12-33(13-15-34)22(36)8-10-26(28,29)30/h2-8,10H,9,11-16H2,1H3/b10-8+. The van der Waals surface area contributed by atoms with Gasteiger partial charge in [0.1, 0.15) is 5.82 Å². The van der Waals surface area contributed by atoms with Gasteiger partial charge < -0.3 is 19.4 Å². The number of carbonyl (C=O) groups excluding carboxylic acids is 1. The van der Waals surface area contributed by atoms with Crippen LogP contribution in [0, 0.1) is 0 Å². The molecular weight excluding hydrogens is 507 g/mol. The predicted octanol–water partition coefficient (Wildman–Crippen LogP) is 4.62. The highest BCUT2D eigenvalue weighted by molar-refractivity contribution is 6.36. The maximum Gasteiger partial charge on any atom is 0.409 e. The molecule has 1 fully saturated rings. The van der Waals surface area contributed by atoms with E-state index < -0.39 is 12.1 Å². The van der Waals surface area contributed by atoms with Crippen LogP contribution in [0.3, 0.4) is 0 Å². The van der Waals surface area contributed by atoms with Gasteiger partial charge >= 0.3 is 12.2 Å². The Kier molecular flexibility index (Phi) is 6.85. The van der Waals surface area contributed by atoms with E-state index in [2.05, 4.69) is 20.9 Å².